The molecule has 0 spiro atoms. The second kappa shape index (κ2) is 4.03. The average molecular weight is 154 g/mol. The third-order valence-corrected chi connectivity index (χ3v) is 1.53. The monoisotopic (exact) mass is 154 g/mol. The Morgan fingerprint density at radius 3 is 3.00 bits per heavy atom. The molecule has 0 aliphatic rings. The second-order valence-corrected chi connectivity index (χ2v) is 2.37. The predicted octanol–water partition coefficient (Wildman–Crippen LogP) is 1.44. The number of rotatable bonds is 3. The SMILES string of the molecule is N[C@H](CCF)c1cccnc1. The van der Waals surface area contributed by atoms with E-state index in [2.05, 4.69) is 4.98 Å². The second-order valence-electron chi connectivity index (χ2n) is 2.37. The molecule has 0 aliphatic heterocycles. The molecule has 2 nitrogen and oxygen atoms in total. The summed E-state index contributed by atoms with van der Waals surface area (Å²) in [5.74, 6) is 0. The third-order valence-electron chi connectivity index (χ3n) is 1.53. The van der Waals surface area contributed by atoms with Crippen LogP contribution in [0.2, 0.25) is 0 Å². The van der Waals surface area contributed by atoms with Gasteiger partial charge in [0.25, 0.3) is 0 Å². The van der Waals surface area contributed by atoms with E-state index in [1.807, 2.05) is 6.07 Å². The van der Waals surface area contributed by atoms with E-state index in [1.165, 1.54) is 0 Å². The van der Waals surface area contributed by atoms with Gasteiger partial charge in [0, 0.05) is 18.4 Å². The summed E-state index contributed by atoms with van der Waals surface area (Å²) >= 11 is 0. The van der Waals surface area contributed by atoms with Crippen LogP contribution in [-0.2, 0) is 0 Å². The van der Waals surface area contributed by atoms with Crippen molar-refractivity contribution in [3.05, 3.63) is 30.1 Å². The molecular weight excluding hydrogens is 143 g/mol. The van der Waals surface area contributed by atoms with Crippen molar-refractivity contribution in [3.63, 3.8) is 0 Å². The number of aromatic nitrogens is 1. The molecule has 60 valence electrons. The molecule has 0 saturated carbocycles. The quantitative estimate of drug-likeness (QED) is 0.715. The van der Waals surface area contributed by atoms with Crippen LogP contribution in [0.1, 0.15) is 18.0 Å². The van der Waals surface area contributed by atoms with Crippen molar-refractivity contribution in [2.45, 2.75) is 12.5 Å². The number of hydrogen-bond donors (Lipinski definition) is 1. The number of halogens is 1. The van der Waals surface area contributed by atoms with Gasteiger partial charge < -0.3 is 5.73 Å². The lowest BCUT2D eigenvalue weighted by atomic mass is 10.1. The molecule has 2 N–H and O–H groups in total. The lowest BCUT2D eigenvalue weighted by molar-refractivity contribution is 0.441. The summed E-state index contributed by atoms with van der Waals surface area (Å²) in [6.45, 7) is -0.379. The normalized spacial score (nSPS) is 12.9. The van der Waals surface area contributed by atoms with Crippen molar-refractivity contribution in [2.24, 2.45) is 5.73 Å². The largest absolute Gasteiger partial charge is 0.324 e. The molecule has 0 bridgehead atoms. The van der Waals surface area contributed by atoms with Crippen molar-refractivity contribution < 1.29 is 4.39 Å². The number of pyridine rings is 1. The fourth-order valence-corrected chi connectivity index (χ4v) is 0.880. The maximum atomic E-state index is 11.8. The fourth-order valence-electron chi connectivity index (χ4n) is 0.880. The van der Waals surface area contributed by atoms with Gasteiger partial charge in [0.2, 0.25) is 0 Å². The molecule has 0 fully saturated rings. The Kier molecular flexibility index (Phi) is 2.98. The Labute approximate surface area is 65.3 Å². The maximum Gasteiger partial charge on any atom is 0.0912 e. The van der Waals surface area contributed by atoms with Crippen molar-refractivity contribution in [2.75, 3.05) is 6.67 Å². The van der Waals surface area contributed by atoms with Gasteiger partial charge in [0.1, 0.15) is 0 Å². The van der Waals surface area contributed by atoms with Crippen molar-refractivity contribution in [1.82, 2.24) is 4.98 Å². The van der Waals surface area contributed by atoms with E-state index in [1.54, 1.807) is 18.5 Å². The van der Waals surface area contributed by atoms with E-state index < -0.39 is 0 Å². The highest BCUT2D eigenvalue weighted by molar-refractivity contribution is 5.12. The van der Waals surface area contributed by atoms with Crippen LogP contribution >= 0.6 is 0 Å². The Bertz CT molecular complexity index is 201. The number of nitrogens with two attached hydrogens (primary N) is 1. The first-order chi connectivity index (χ1) is 5.34. The van der Waals surface area contributed by atoms with Crippen LogP contribution in [0.3, 0.4) is 0 Å². The Balaban J connectivity index is 2.61. The highest BCUT2D eigenvalue weighted by Crippen LogP contribution is 2.11. The predicted molar refractivity (Wildman–Crippen MR) is 41.8 cm³/mol. The van der Waals surface area contributed by atoms with E-state index in [0.29, 0.717) is 6.42 Å². The molecule has 1 heterocycles. The molecule has 0 aliphatic carbocycles. The number of alkyl halides is 1. The van der Waals surface area contributed by atoms with Gasteiger partial charge in [-0.3, -0.25) is 9.37 Å². The zero-order valence-electron chi connectivity index (χ0n) is 6.20. The molecule has 0 unspecified atom stereocenters. The van der Waals surface area contributed by atoms with Gasteiger partial charge in [-0.1, -0.05) is 6.07 Å². The first kappa shape index (κ1) is 8.14. The van der Waals surface area contributed by atoms with Crippen molar-refractivity contribution in [3.8, 4) is 0 Å². The van der Waals surface area contributed by atoms with Crippen LogP contribution in [0.5, 0.6) is 0 Å². The zero-order chi connectivity index (χ0) is 8.10. The first-order valence-corrected chi connectivity index (χ1v) is 3.56. The molecular formula is C8H11FN2. The molecule has 3 heteroatoms. The number of nitrogens with zero attached hydrogens (tertiary/aromatic N) is 1. The fraction of sp³-hybridized carbons (Fsp3) is 0.375. The minimum atomic E-state index is -0.379. The molecule has 1 aromatic heterocycles. The highest BCUT2D eigenvalue weighted by Gasteiger charge is 2.03. The van der Waals surface area contributed by atoms with Gasteiger partial charge >= 0.3 is 0 Å². The van der Waals surface area contributed by atoms with Crippen LogP contribution in [0.15, 0.2) is 24.5 Å². The van der Waals surface area contributed by atoms with Crippen LogP contribution in [0.25, 0.3) is 0 Å². The van der Waals surface area contributed by atoms with E-state index in [0.717, 1.165) is 5.56 Å². The standard InChI is InChI=1S/C8H11FN2/c9-4-3-8(10)7-2-1-5-11-6-7/h1-2,5-6,8H,3-4,10H2/t8-/m1/s1. The van der Waals surface area contributed by atoms with E-state index >= 15 is 0 Å². The van der Waals surface area contributed by atoms with Gasteiger partial charge in [-0.2, -0.15) is 0 Å². The summed E-state index contributed by atoms with van der Waals surface area (Å²) in [5, 5.41) is 0. The van der Waals surface area contributed by atoms with Gasteiger partial charge in [-0.15, -0.1) is 0 Å². The molecule has 1 aromatic rings. The Morgan fingerprint density at radius 2 is 2.45 bits per heavy atom. The average Bonchev–Trinajstić information content (AvgIpc) is 2.07. The van der Waals surface area contributed by atoms with Gasteiger partial charge in [0.15, 0.2) is 0 Å². The molecule has 0 aromatic carbocycles. The van der Waals surface area contributed by atoms with Crippen molar-refractivity contribution >= 4 is 0 Å². The summed E-state index contributed by atoms with van der Waals surface area (Å²) in [6.07, 6.45) is 3.71. The van der Waals surface area contributed by atoms with Crippen molar-refractivity contribution in [1.29, 1.82) is 0 Å². The van der Waals surface area contributed by atoms with E-state index in [4.69, 9.17) is 5.73 Å². The van der Waals surface area contributed by atoms with Crippen LogP contribution < -0.4 is 5.73 Å². The zero-order valence-corrected chi connectivity index (χ0v) is 6.20. The molecule has 0 radical (unpaired) electrons. The van der Waals surface area contributed by atoms with Crippen LogP contribution in [-0.4, -0.2) is 11.7 Å². The maximum absolute atomic E-state index is 11.8. The minimum Gasteiger partial charge on any atom is -0.324 e. The topological polar surface area (TPSA) is 38.9 Å². The molecule has 0 saturated heterocycles. The minimum absolute atomic E-state index is 0.214. The lowest BCUT2D eigenvalue weighted by Gasteiger charge is -2.07. The van der Waals surface area contributed by atoms with Crippen LogP contribution in [0.4, 0.5) is 4.39 Å². The molecule has 11 heavy (non-hydrogen) atoms. The molecule has 0 amide bonds. The summed E-state index contributed by atoms with van der Waals surface area (Å²) in [6, 6.07) is 3.44. The molecule has 1 atom stereocenters. The summed E-state index contributed by atoms with van der Waals surface area (Å²) < 4.78 is 11.8. The van der Waals surface area contributed by atoms with Crippen LogP contribution in [0, 0.1) is 0 Å². The van der Waals surface area contributed by atoms with Gasteiger partial charge in [-0.05, 0) is 18.1 Å². The highest BCUT2D eigenvalue weighted by atomic mass is 19.1. The first-order valence-electron chi connectivity index (χ1n) is 3.56. The Morgan fingerprint density at radius 1 is 1.64 bits per heavy atom. The van der Waals surface area contributed by atoms with Gasteiger partial charge in [0.05, 0.1) is 6.67 Å². The lowest BCUT2D eigenvalue weighted by Crippen LogP contribution is -2.10. The molecule has 1 rings (SSSR count). The Hall–Kier alpha value is -0.960. The van der Waals surface area contributed by atoms with E-state index in [9.17, 15) is 4.39 Å². The van der Waals surface area contributed by atoms with E-state index in [-0.39, 0.29) is 12.7 Å². The number of hydrogen-bond acceptors (Lipinski definition) is 2. The summed E-state index contributed by atoms with van der Waals surface area (Å²) in [5.41, 5.74) is 6.52. The van der Waals surface area contributed by atoms with Gasteiger partial charge in [-0.25, -0.2) is 0 Å². The summed E-state index contributed by atoms with van der Waals surface area (Å²) in [4.78, 5) is 3.89. The summed E-state index contributed by atoms with van der Waals surface area (Å²) in [7, 11) is 0. The smallest absolute Gasteiger partial charge is 0.0912 e. The third kappa shape index (κ3) is 2.27.